The van der Waals surface area contributed by atoms with E-state index >= 15 is 0 Å². The van der Waals surface area contributed by atoms with Gasteiger partial charge in [0.25, 0.3) is 0 Å². The van der Waals surface area contributed by atoms with Crippen LogP contribution in [0.4, 0.5) is 5.69 Å². The van der Waals surface area contributed by atoms with Crippen molar-refractivity contribution < 1.29 is 0 Å². The second kappa shape index (κ2) is 5.12. The molecule has 1 aliphatic heterocycles. The van der Waals surface area contributed by atoms with Gasteiger partial charge in [0.1, 0.15) is 0 Å². The first-order valence-electron chi connectivity index (χ1n) is 5.79. The molecule has 0 amide bonds. The third-order valence-electron chi connectivity index (χ3n) is 3.05. The van der Waals surface area contributed by atoms with Crippen LogP contribution in [0.3, 0.4) is 0 Å². The zero-order valence-corrected chi connectivity index (χ0v) is 9.15. The lowest BCUT2D eigenvalue weighted by Crippen LogP contribution is -2.25. The van der Waals surface area contributed by atoms with Gasteiger partial charge < -0.3 is 10.6 Å². The van der Waals surface area contributed by atoms with Crippen LogP contribution in [0.15, 0.2) is 18.5 Å². The van der Waals surface area contributed by atoms with Crippen molar-refractivity contribution in [1.29, 1.82) is 0 Å². The number of aromatic nitrogens is 1. The smallest absolute Gasteiger partial charge is 0.0598 e. The molecule has 0 spiro atoms. The van der Waals surface area contributed by atoms with Crippen LogP contribution >= 0.6 is 0 Å². The molecule has 0 unspecified atom stereocenters. The topological polar surface area (TPSA) is 42.1 Å². The molecule has 0 atom stereocenters. The molecule has 1 fully saturated rings. The molecule has 1 saturated heterocycles. The molecular formula is C12H19N3. The van der Waals surface area contributed by atoms with E-state index in [1.54, 1.807) is 0 Å². The van der Waals surface area contributed by atoms with Crippen LogP contribution in [0.25, 0.3) is 0 Å². The molecular weight excluding hydrogens is 186 g/mol. The fourth-order valence-electron chi connectivity index (χ4n) is 2.18. The molecule has 1 aromatic rings. The van der Waals surface area contributed by atoms with Crippen molar-refractivity contribution in [3.63, 3.8) is 0 Å². The number of pyridine rings is 1. The maximum absolute atomic E-state index is 5.74. The van der Waals surface area contributed by atoms with E-state index in [9.17, 15) is 0 Å². The first-order valence-corrected chi connectivity index (χ1v) is 5.79. The molecule has 1 aromatic heterocycles. The quantitative estimate of drug-likeness (QED) is 0.802. The number of nitrogens with zero attached hydrogens (tertiary/aromatic N) is 2. The Hall–Kier alpha value is -1.09. The Morgan fingerprint density at radius 3 is 2.60 bits per heavy atom. The van der Waals surface area contributed by atoms with Crippen LogP contribution in [0, 0.1) is 0 Å². The lowest BCUT2D eigenvalue weighted by Gasteiger charge is -2.24. The molecule has 0 saturated carbocycles. The Morgan fingerprint density at radius 1 is 1.20 bits per heavy atom. The summed E-state index contributed by atoms with van der Waals surface area (Å²) in [5.74, 6) is 0. The zero-order valence-electron chi connectivity index (χ0n) is 9.15. The Balaban J connectivity index is 2.18. The van der Waals surface area contributed by atoms with E-state index < -0.39 is 0 Å². The zero-order chi connectivity index (χ0) is 10.5. The minimum atomic E-state index is 0.606. The average molecular weight is 205 g/mol. The van der Waals surface area contributed by atoms with Crippen LogP contribution in [0.5, 0.6) is 0 Å². The fraction of sp³-hybridized carbons (Fsp3) is 0.583. The minimum Gasteiger partial charge on any atom is -0.370 e. The Labute approximate surface area is 91.3 Å². The number of hydrogen-bond acceptors (Lipinski definition) is 3. The Bertz CT molecular complexity index is 303. The highest BCUT2D eigenvalue weighted by Gasteiger charge is 2.12. The van der Waals surface area contributed by atoms with Gasteiger partial charge in [0.15, 0.2) is 0 Å². The van der Waals surface area contributed by atoms with Gasteiger partial charge in [-0.15, -0.1) is 0 Å². The maximum atomic E-state index is 5.74. The van der Waals surface area contributed by atoms with Crippen LogP contribution in [0.2, 0.25) is 0 Å². The summed E-state index contributed by atoms with van der Waals surface area (Å²) in [4.78, 5) is 6.63. The van der Waals surface area contributed by atoms with E-state index in [1.807, 2.05) is 18.5 Å². The lowest BCUT2D eigenvalue weighted by molar-refractivity contribution is 0.726. The monoisotopic (exact) mass is 205 g/mol. The molecule has 15 heavy (non-hydrogen) atoms. The van der Waals surface area contributed by atoms with E-state index in [2.05, 4.69) is 9.88 Å². The van der Waals surface area contributed by atoms with Crippen LogP contribution < -0.4 is 10.6 Å². The summed E-state index contributed by atoms with van der Waals surface area (Å²) < 4.78 is 0. The van der Waals surface area contributed by atoms with Crippen molar-refractivity contribution in [3.05, 3.63) is 24.0 Å². The average Bonchev–Trinajstić information content (AvgIpc) is 2.57. The molecule has 0 radical (unpaired) electrons. The minimum absolute atomic E-state index is 0.606. The van der Waals surface area contributed by atoms with Crippen molar-refractivity contribution in [1.82, 2.24) is 4.98 Å². The van der Waals surface area contributed by atoms with Crippen molar-refractivity contribution in [2.45, 2.75) is 32.2 Å². The third-order valence-corrected chi connectivity index (χ3v) is 3.05. The first-order chi connectivity index (χ1) is 7.42. The third kappa shape index (κ3) is 2.48. The molecule has 1 aliphatic rings. The number of nitrogens with two attached hydrogens (primary N) is 1. The molecule has 0 aromatic carbocycles. The normalized spacial score (nSPS) is 17.5. The number of hydrogen-bond donors (Lipinski definition) is 1. The summed E-state index contributed by atoms with van der Waals surface area (Å²) in [5, 5.41) is 0. The maximum Gasteiger partial charge on any atom is 0.0598 e. The first kappa shape index (κ1) is 10.4. The van der Waals surface area contributed by atoms with Crippen LogP contribution in [0.1, 0.15) is 31.2 Å². The van der Waals surface area contributed by atoms with E-state index in [1.165, 1.54) is 36.9 Å². The highest BCUT2D eigenvalue weighted by atomic mass is 15.1. The van der Waals surface area contributed by atoms with Crippen LogP contribution in [-0.2, 0) is 6.54 Å². The second-order valence-electron chi connectivity index (χ2n) is 4.11. The van der Waals surface area contributed by atoms with E-state index in [0.717, 1.165) is 13.1 Å². The predicted molar refractivity (Wildman–Crippen MR) is 62.8 cm³/mol. The highest BCUT2D eigenvalue weighted by Crippen LogP contribution is 2.22. The molecule has 0 aliphatic carbocycles. The fourth-order valence-corrected chi connectivity index (χ4v) is 2.18. The molecule has 2 rings (SSSR count). The van der Waals surface area contributed by atoms with Gasteiger partial charge in [-0.1, -0.05) is 12.8 Å². The van der Waals surface area contributed by atoms with Crippen molar-refractivity contribution in [2.75, 3.05) is 18.0 Å². The summed E-state index contributed by atoms with van der Waals surface area (Å²) in [6.07, 6.45) is 9.07. The summed E-state index contributed by atoms with van der Waals surface area (Å²) in [5.41, 5.74) is 8.19. The molecule has 2 N–H and O–H groups in total. The summed E-state index contributed by atoms with van der Waals surface area (Å²) >= 11 is 0. The molecule has 3 heteroatoms. The van der Waals surface area contributed by atoms with Gasteiger partial charge in [0.2, 0.25) is 0 Å². The SMILES string of the molecule is NCc1ccncc1N1CCCCCC1. The van der Waals surface area contributed by atoms with Crippen molar-refractivity contribution in [3.8, 4) is 0 Å². The van der Waals surface area contributed by atoms with Crippen molar-refractivity contribution in [2.24, 2.45) is 5.73 Å². The second-order valence-corrected chi connectivity index (χ2v) is 4.11. The van der Waals surface area contributed by atoms with Crippen LogP contribution in [-0.4, -0.2) is 18.1 Å². The van der Waals surface area contributed by atoms with Gasteiger partial charge in [-0.25, -0.2) is 0 Å². The molecule has 3 nitrogen and oxygen atoms in total. The van der Waals surface area contributed by atoms with Gasteiger partial charge in [-0.05, 0) is 24.5 Å². The Kier molecular flexibility index (Phi) is 3.56. The predicted octanol–water partition coefficient (Wildman–Crippen LogP) is 1.92. The highest BCUT2D eigenvalue weighted by molar-refractivity contribution is 5.51. The van der Waals surface area contributed by atoms with Gasteiger partial charge in [0, 0.05) is 25.8 Å². The summed E-state index contributed by atoms with van der Waals surface area (Å²) in [6, 6.07) is 2.03. The molecule has 2 heterocycles. The standard InChI is InChI=1S/C12H19N3/c13-9-11-5-6-14-10-12(11)15-7-3-1-2-4-8-15/h5-6,10H,1-4,7-9,13H2. The van der Waals surface area contributed by atoms with E-state index in [4.69, 9.17) is 5.73 Å². The Morgan fingerprint density at radius 2 is 1.93 bits per heavy atom. The number of anilines is 1. The van der Waals surface area contributed by atoms with E-state index in [0.29, 0.717) is 6.54 Å². The molecule has 0 bridgehead atoms. The molecule has 82 valence electrons. The van der Waals surface area contributed by atoms with Gasteiger partial charge in [-0.2, -0.15) is 0 Å². The number of rotatable bonds is 2. The van der Waals surface area contributed by atoms with Gasteiger partial charge in [0.05, 0.1) is 11.9 Å². The van der Waals surface area contributed by atoms with E-state index in [-0.39, 0.29) is 0 Å². The van der Waals surface area contributed by atoms with Gasteiger partial charge in [-0.3, -0.25) is 4.98 Å². The van der Waals surface area contributed by atoms with Crippen molar-refractivity contribution >= 4 is 5.69 Å². The van der Waals surface area contributed by atoms with Gasteiger partial charge >= 0.3 is 0 Å². The largest absolute Gasteiger partial charge is 0.370 e. The summed E-state index contributed by atoms with van der Waals surface area (Å²) in [6.45, 7) is 2.91. The summed E-state index contributed by atoms with van der Waals surface area (Å²) in [7, 11) is 0. The lowest BCUT2D eigenvalue weighted by atomic mass is 10.2.